The highest BCUT2D eigenvalue weighted by Gasteiger charge is 2.34. The molecule has 18 nitrogen and oxygen atoms in total. The first-order valence-corrected chi connectivity index (χ1v) is 27.4. The number of aromatic carboxylic acids is 1. The van der Waals surface area contributed by atoms with Crippen LogP contribution in [-0.4, -0.2) is 147 Å². The number of hydrogen-bond donors (Lipinski definition) is 3. The van der Waals surface area contributed by atoms with Crippen LogP contribution in [0.15, 0.2) is 91.0 Å². The van der Waals surface area contributed by atoms with E-state index in [1.54, 1.807) is 4.68 Å². The Balaban J connectivity index is 0.643. The van der Waals surface area contributed by atoms with E-state index in [0.717, 1.165) is 75.1 Å². The quantitative estimate of drug-likeness (QED) is 0.0736. The molecule has 4 aliphatic rings. The Labute approximate surface area is 450 Å². The Morgan fingerprint density at radius 1 is 0.857 bits per heavy atom. The molecule has 7 heterocycles. The molecule has 3 N–H and O–H groups in total. The molecule has 0 saturated carbocycles. The number of fused-ring (bicyclic) bond motifs is 3. The Hall–Kier alpha value is -7.74. The van der Waals surface area contributed by atoms with Crippen molar-refractivity contribution in [1.29, 1.82) is 0 Å². The molecule has 0 spiro atoms. The Morgan fingerprint density at radius 2 is 1.65 bits per heavy atom. The minimum Gasteiger partial charge on any atom is -0.494 e. The monoisotopic (exact) mass is 1060 g/mol. The third-order valence-corrected chi connectivity index (χ3v) is 16.7. The summed E-state index contributed by atoms with van der Waals surface area (Å²) < 4.78 is 9.04. The van der Waals surface area contributed by atoms with Crippen LogP contribution >= 0.6 is 11.3 Å². The maximum Gasteiger partial charge on any atom is 0.355 e. The summed E-state index contributed by atoms with van der Waals surface area (Å²) in [6, 6.07) is 29.5. The molecule has 11 rings (SSSR count). The lowest BCUT2D eigenvalue weighted by atomic mass is 9.93. The topological polar surface area (TPSA) is 199 Å². The second-order valence-corrected chi connectivity index (χ2v) is 21.8. The smallest absolute Gasteiger partial charge is 0.355 e. The summed E-state index contributed by atoms with van der Waals surface area (Å²) in [6.45, 7) is 13.6. The van der Waals surface area contributed by atoms with Gasteiger partial charge in [-0.05, 0) is 123 Å². The summed E-state index contributed by atoms with van der Waals surface area (Å²) in [4.78, 5) is 84.9. The van der Waals surface area contributed by atoms with Gasteiger partial charge in [0.05, 0.1) is 40.5 Å². The number of anilines is 3. The van der Waals surface area contributed by atoms with Crippen molar-refractivity contribution < 1.29 is 33.8 Å². The predicted molar refractivity (Wildman–Crippen MR) is 297 cm³/mol. The van der Waals surface area contributed by atoms with E-state index in [1.807, 2.05) is 103 Å². The molecule has 0 bridgehead atoms. The van der Waals surface area contributed by atoms with E-state index in [2.05, 4.69) is 56.3 Å². The number of amides is 4. The molecular formula is C58H63N11O7S. The summed E-state index contributed by atoms with van der Waals surface area (Å²) in [5, 5.41) is 22.0. The third-order valence-electron chi connectivity index (χ3n) is 15.7. The van der Waals surface area contributed by atoms with Gasteiger partial charge in [-0.2, -0.15) is 5.10 Å². The molecule has 19 heteroatoms. The average molecular weight is 1060 g/mol. The Morgan fingerprint density at radius 3 is 2.42 bits per heavy atom. The van der Waals surface area contributed by atoms with Gasteiger partial charge in [0, 0.05) is 107 Å². The molecule has 4 aromatic carbocycles. The summed E-state index contributed by atoms with van der Waals surface area (Å²) in [7, 11) is 1.88. The van der Waals surface area contributed by atoms with Crippen molar-refractivity contribution in [2.24, 2.45) is 7.05 Å². The molecular weight excluding hydrogens is 995 g/mol. The van der Waals surface area contributed by atoms with Gasteiger partial charge in [0.25, 0.3) is 5.91 Å². The lowest BCUT2D eigenvalue weighted by Gasteiger charge is -2.45. The average Bonchev–Trinajstić information content (AvgIpc) is 4.08. The molecule has 1 unspecified atom stereocenters. The molecule has 398 valence electrons. The van der Waals surface area contributed by atoms with Gasteiger partial charge in [-0.25, -0.2) is 14.8 Å². The summed E-state index contributed by atoms with van der Waals surface area (Å²) >= 11 is 1.43. The molecule has 77 heavy (non-hydrogen) atoms. The minimum absolute atomic E-state index is 0.0413. The number of piperidine rings is 1. The number of ether oxygens (including phenoxy) is 1. The van der Waals surface area contributed by atoms with E-state index in [9.17, 15) is 29.1 Å². The van der Waals surface area contributed by atoms with Gasteiger partial charge in [-0.15, -0.1) is 0 Å². The van der Waals surface area contributed by atoms with Crippen molar-refractivity contribution in [3.8, 4) is 16.9 Å². The number of nitrogens with zero attached hydrogens (tertiary/aromatic N) is 9. The molecule has 3 aromatic heterocycles. The van der Waals surface area contributed by atoms with Crippen molar-refractivity contribution in [2.45, 2.75) is 71.0 Å². The predicted octanol–water partition coefficient (Wildman–Crippen LogP) is 7.10. The molecule has 0 radical (unpaired) electrons. The van der Waals surface area contributed by atoms with Gasteiger partial charge < -0.3 is 29.4 Å². The van der Waals surface area contributed by atoms with Crippen LogP contribution in [0.25, 0.3) is 32.2 Å². The number of carbonyl (C=O) groups is 5. The molecule has 3 fully saturated rings. The molecule has 7 aromatic rings. The molecule has 4 amide bonds. The SMILES string of the molecule is Cc1cc(OCCCN2C[C@@H](C)N(CC(=O)N3CCN(c4ccc5c(C6CCC(=O)NC6=O)nn(C)c5c4)CC3)[C@@H](C)C2)ccc1-c1ccc(N2CCc3cccc(C(=O)Nc4nc5ccccc5s4)c3C2)nc1C(=O)O. The molecule has 3 atom stereocenters. The highest BCUT2D eigenvalue weighted by molar-refractivity contribution is 7.22. The van der Waals surface area contributed by atoms with Crippen LogP contribution in [0.1, 0.15) is 82.3 Å². The van der Waals surface area contributed by atoms with Gasteiger partial charge >= 0.3 is 5.97 Å². The van der Waals surface area contributed by atoms with Gasteiger partial charge in [-0.3, -0.25) is 39.4 Å². The lowest BCUT2D eigenvalue weighted by molar-refractivity contribution is -0.135. The van der Waals surface area contributed by atoms with Gasteiger partial charge in [0.15, 0.2) is 10.8 Å². The number of nitrogens with one attached hydrogen (secondary N) is 2. The number of piperazine rings is 2. The number of para-hydroxylation sites is 1. The van der Waals surface area contributed by atoms with E-state index in [0.29, 0.717) is 105 Å². The van der Waals surface area contributed by atoms with E-state index in [4.69, 9.17) is 14.8 Å². The first kappa shape index (κ1) is 51.4. The fourth-order valence-corrected chi connectivity index (χ4v) is 12.6. The number of hydrogen-bond acceptors (Lipinski definition) is 14. The number of aromatic nitrogens is 4. The van der Waals surface area contributed by atoms with Crippen LogP contribution in [0.5, 0.6) is 5.75 Å². The van der Waals surface area contributed by atoms with E-state index < -0.39 is 11.9 Å². The number of carbonyl (C=O) groups excluding carboxylic acids is 4. The molecule has 3 saturated heterocycles. The molecule has 4 aliphatic heterocycles. The standard InChI is InChI=1S/C58H63N11O7S/c1-35-29-40(14-16-41(35)42-17-19-50(60-54(42)57(74)75)68-23-21-38-9-7-10-43(46(38)33-68)55(72)62-58-59-47-11-5-6-12-49(47)77-58)76-28-8-22-65-31-36(2)69(37(3)32-65)34-52(71)67-26-24-66(25-27-67)39-13-15-44-48(30-39)64(4)63-53(44)45-18-20-51(70)61-56(45)73/h5-7,9-17,19,29-30,36-37,45H,8,18,20-28,31-34H2,1-4H3,(H,74,75)(H,59,62,72)(H,61,70,73)/t36-,37+,45?. The fraction of sp³-hybridized carbons (Fsp3) is 0.379. The molecule has 0 aliphatic carbocycles. The van der Waals surface area contributed by atoms with E-state index in [-0.39, 0.29) is 41.4 Å². The van der Waals surface area contributed by atoms with Crippen molar-refractivity contribution >= 4 is 78.7 Å². The van der Waals surface area contributed by atoms with E-state index >= 15 is 0 Å². The fourth-order valence-electron chi connectivity index (χ4n) is 11.7. The number of carboxylic acids is 1. The number of rotatable bonds is 14. The number of aryl methyl sites for hydroxylation is 2. The first-order chi connectivity index (χ1) is 37.2. The summed E-state index contributed by atoms with van der Waals surface area (Å²) in [5.74, 6) is -0.950. The Bertz CT molecular complexity index is 3400. The highest BCUT2D eigenvalue weighted by Crippen LogP contribution is 2.35. The Kier molecular flexibility index (Phi) is 14.5. The van der Waals surface area contributed by atoms with Crippen LogP contribution in [0.4, 0.5) is 16.6 Å². The maximum atomic E-state index is 13.7. The van der Waals surface area contributed by atoms with Gasteiger partial charge in [0.1, 0.15) is 11.6 Å². The largest absolute Gasteiger partial charge is 0.494 e. The third kappa shape index (κ3) is 10.7. The van der Waals surface area contributed by atoms with Crippen molar-refractivity contribution in [2.75, 3.05) is 80.6 Å². The number of thiazole rings is 1. The second kappa shape index (κ2) is 21.7. The highest BCUT2D eigenvalue weighted by atomic mass is 32.1. The first-order valence-electron chi connectivity index (χ1n) is 26.6. The summed E-state index contributed by atoms with van der Waals surface area (Å²) in [5.41, 5.74) is 8.13. The van der Waals surface area contributed by atoms with Crippen LogP contribution in [0.2, 0.25) is 0 Å². The second-order valence-electron chi connectivity index (χ2n) is 20.8. The van der Waals surface area contributed by atoms with Crippen LogP contribution in [0.3, 0.4) is 0 Å². The van der Waals surface area contributed by atoms with Crippen molar-refractivity contribution in [3.05, 3.63) is 125 Å². The van der Waals surface area contributed by atoms with Crippen molar-refractivity contribution in [3.63, 3.8) is 0 Å². The van der Waals surface area contributed by atoms with E-state index in [1.165, 1.54) is 11.3 Å². The van der Waals surface area contributed by atoms with Gasteiger partial charge in [0.2, 0.25) is 17.7 Å². The lowest BCUT2D eigenvalue weighted by Crippen LogP contribution is -2.60. The minimum atomic E-state index is -1.12. The zero-order valence-electron chi connectivity index (χ0n) is 43.8. The normalized spacial score (nSPS) is 19.4. The zero-order valence-corrected chi connectivity index (χ0v) is 44.6. The number of benzene rings is 4. The number of pyridine rings is 1. The number of carboxylic acid groups (broad SMARTS) is 1. The van der Waals surface area contributed by atoms with Crippen LogP contribution < -0.4 is 25.2 Å². The number of imide groups is 1. The zero-order chi connectivity index (χ0) is 53.5. The van der Waals surface area contributed by atoms with Crippen LogP contribution in [0, 0.1) is 6.92 Å². The van der Waals surface area contributed by atoms with Crippen molar-refractivity contribution in [1.82, 2.24) is 39.8 Å². The van der Waals surface area contributed by atoms with Gasteiger partial charge in [-0.1, -0.05) is 41.7 Å². The van der Waals surface area contributed by atoms with Crippen LogP contribution in [-0.2, 0) is 34.4 Å². The summed E-state index contributed by atoms with van der Waals surface area (Å²) in [6.07, 6.45) is 2.26. The maximum absolute atomic E-state index is 13.7.